The second kappa shape index (κ2) is 11.3. The van der Waals surface area contributed by atoms with Gasteiger partial charge in [0, 0.05) is 49.6 Å². The number of para-hydroxylation sites is 2. The van der Waals surface area contributed by atoms with E-state index in [2.05, 4.69) is 206 Å². The minimum atomic E-state index is -0.0410. The van der Waals surface area contributed by atoms with Crippen molar-refractivity contribution in [3.8, 4) is 33.6 Å². The molecule has 0 saturated carbocycles. The van der Waals surface area contributed by atoms with Gasteiger partial charge in [0.05, 0.1) is 16.6 Å². The second-order valence-corrected chi connectivity index (χ2v) is 16.0. The lowest BCUT2D eigenvalue weighted by Crippen LogP contribution is -2.38. The van der Waals surface area contributed by atoms with E-state index in [4.69, 9.17) is 0 Å². The van der Waals surface area contributed by atoms with Crippen LogP contribution in [0.15, 0.2) is 170 Å². The maximum Gasteiger partial charge on any atom is 0.0541 e. The number of hydrogen-bond donors (Lipinski definition) is 0. The predicted octanol–water partition coefficient (Wildman–Crippen LogP) is 13.5. The van der Waals surface area contributed by atoms with E-state index < -0.39 is 0 Å². The van der Waals surface area contributed by atoms with E-state index in [1.54, 1.807) is 0 Å². The van der Waals surface area contributed by atoms with E-state index in [9.17, 15) is 0 Å². The van der Waals surface area contributed by atoms with Crippen LogP contribution in [0.5, 0.6) is 0 Å². The topological polar surface area (TPSA) is 9.86 Å². The summed E-state index contributed by atoms with van der Waals surface area (Å²) in [6, 6.07) is 62.6. The molecule has 2 aliphatic rings. The summed E-state index contributed by atoms with van der Waals surface area (Å²) in [6.07, 6.45) is 3.51. The number of hydrogen-bond acceptors (Lipinski definition) is 0. The second-order valence-electron chi connectivity index (χ2n) is 16.0. The molecular formula is C52H40N2. The number of rotatable bonds is 4. The van der Waals surface area contributed by atoms with Crippen molar-refractivity contribution in [2.24, 2.45) is 5.41 Å². The third kappa shape index (κ3) is 4.28. The Morgan fingerprint density at radius 2 is 1.00 bits per heavy atom. The van der Waals surface area contributed by atoms with Gasteiger partial charge in [0.15, 0.2) is 0 Å². The molecule has 11 rings (SSSR count). The van der Waals surface area contributed by atoms with Crippen molar-refractivity contribution in [1.29, 1.82) is 0 Å². The van der Waals surface area contributed by atoms with Crippen LogP contribution in [0, 0.1) is 5.41 Å². The fourth-order valence-electron chi connectivity index (χ4n) is 9.85. The lowest BCUT2D eigenvalue weighted by molar-refractivity contribution is 0.264. The Labute approximate surface area is 316 Å². The molecule has 1 atom stereocenters. The van der Waals surface area contributed by atoms with Gasteiger partial charge in [-0.15, -0.1) is 0 Å². The van der Waals surface area contributed by atoms with Gasteiger partial charge in [0.25, 0.3) is 0 Å². The zero-order valence-electron chi connectivity index (χ0n) is 30.8. The van der Waals surface area contributed by atoms with Crippen molar-refractivity contribution < 1.29 is 0 Å². The molecule has 9 aromatic rings. The van der Waals surface area contributed by atoms with Gasteiger partial charge in [-0.3, -0.25) is 0 Å². The Kier molecular flexibility index (Phi) is 6.53. The molecule has 0 amide bonds. The van der Waals surface area contributed by atoms with E-state index in [-0.39, 0.29) is 10.8 Å². The van der Waals surface area contributed by atoms with Crippen molar-refractivity contribution in [3.63, 3.8) is 0 Å². The first-order chi connectivity index (χ1) is 26.4. The Morgan fingerprint density at radius 3 is 1.76 bits per heavy atom. The van der Waals surface area contributed by atoms with Gasteiger partial charge in [0.1, 0.15) is 0 Å². The van der Waals surface area contributed by atoms with Crippen LogP contribution in [-0.2, 0) is 11.8 Å². The first-order valence-corrected chi connectivity index (χ1v) is 19.1. The summed E-state index contributed by atoms with van der Waals surface area (Å²) in [7, 11) is 0. The Balaban J connectivity index is 1.12. The van der Waals surface area contributed by atoms with Crippen molar-refractivity contribution >= 4 is 44.4 Å². The zero-order valence-corrected chi connectivity index (χ0v) is 30.8. The van der Waals surface area contributed by atoms with Crippen LogP contribution in [-0.4, -0.2) is 9.13 Å². The summed E-state index contributed by atoms with van der Waals surface area (Å²) >= 11 is 0. The smallest absolute Gasteiger partial charge is 0.0541 e. The van der Waals surface area contributed by atoms with Gasteiger partial charge in [-0.05, 0) is 106 Å². The van der Waals surface area contributed by atoms with E-state index >= 15 is 0 Å². The Bertz CT molecular complexity index is 2970. The van der Waals surface area contributed by atoms with Crippen molar-refractivity contribution in [2.45, 2.75) is 32.6 Å². The SMILES string of the molecule is CC12Cc3c(c4cc(-c5ccc6c(c5)c5ccccc5n6-c5ccccc5)ccc4n3-c3ccc(-c4ccccc4)cc3)C=C1c1ccccc1C2(C)C. The van der Waals surface area contributed by atoms with E-state index in [1.807, 2.05) is 0 Å². The average molecular weight is 693 g/mol. The third-order valence-corrected chi connectivity index (χ3v) is 13.0. The lowest BCUT2D eigenvalue weighted by Gasteiger charge is -2.42. The molecule has 0 aliphatic heterocycles. The summed E-state index contributed by atoms with van der Waals surface area (Å²) in [5.74, 6) is 0. The Hall–Kier alpha value is -6.38. The lowest BCUT2D eigenvalue weighted by atomic mass is 9.61. The van der Waals surface area contributed by atoms with Crippen LogP contribution in [0.2, 0.25) is 0 Å². The minimum Gasteiger partial charge on any atom is -0.313 e. The molecule has 0 saturated heterocycles. The van der Waals surface area contributed by atoms with E-state index in [0.29, 0.717) is 0 Å². The fraction of sp³-hybridized carbons (Fsp3) is 0.115. The summed E-state index contributed by atoms with van der Waals surface area (Å²) in [4.78, 5) is 0. The highest BCUT2D eigenvalue weighted by atomic mass is 15.0. The van der Waals surface area contributed by atoms with Crippen LogP contribution in [0.3, 0.4) is 0 Å². The number of aromatic nitrogens is 2. The molecule has 2 heteroatoms. The average Bonchev–Trinajstić information content (AvgIpc) is 3.78. The Morgan fingerprint density at radius 1 is 0.444 bits per heavy atom. The molecule has 258 valence electrons. The molecule has 2 nitrogen and oxygen atoms in total. The monoisotopic (exact) mass is 692 g/mol. The summed E-state index contributed by atoms with van der Waals surface area (Å²) in [5.41, 5.74) is 18.0. The molecule has 0 bridgehead atoms. The molecular weight excluding hydrogens is 653 g/mol. The van der Waals surface area contributed by atoms with Crippen molar-refractivity contribution in [1.82, 2.24) is 9.13 Å². The normalized spacial score (nSPS) is 17.1. The van der Waals surface area contributed by atoms with Crippen molar-refractivity contribution in [2.75, 3.05) is 0 Å². The molecule has 0 N–H and O–H groups in total. The zero-order chi connectivity index (χ0) is 36.2. The molecule has 54 heavy (non-hydrogen) atoms. The molecule has 2 aliphatic carbocycles. The molecule has 1 unspecified atom stereocenters. The first kappa shape index (κ1) is 31.2. The molecule has 2 heterocycles. The summed E-state index contributed by atoms with van der Waals surface area (Å²) in [6.45, 7) is 7.39. The van der Waals surface area contributed by atoms with Crippen LogP contribution < -0.4 is 0 Å². The quantitative estimate of drug-likeness (QED) is 0.174. The van der Waals surface area contributed by atoms with Gasteiger partial charge in [-0.1, -0.05) is 136 Å². The number of fused-ring (bicyclic) bond motifs is 9. The van der Waals surface area contributed by atoms with Gasteiger partial charge in [-0.2, -0.15) is 0 Å². The molecule has 0 spiro atoms. The predicted molar refractivity (Wildman–Crippen MR) is 228 cm³/mol. The highest BCUT2D eigenvalue weighted by Crippen LogP contribution is 2.62. The fourth-order valence-corrected chi connectivity index (χ4v) is 9.85. The first-order valence-electron chi connectivity index (χ1n) is 19.1. The van der Waals surface area contributed by atoms with Gasteiger partial charge < -0.3 is 9.13 Å². The minimum absolute atomic E-state index is 0.00886. The maximum absolute atomic E-state index is 2.55. The van der Waals surface area contributed by atoms with Crippen LogP contribution >= 0.6 is 0 Å². The summed E-state index contributed by atoms with van der Waals surface area (Å²) in [5, 5.41) is 3.85. The highest BCUT2D eigenvalue weighted by Gasteiger charge is 2.54. The number of benzene rings is 7. The third-order valence-electron chi connectivity index (χ3n) is 13.0. The van der Waals surface area contributed by atoms with Crippen LogP contribution in [0.25, 0.3) is 78.0 Å². The maximum atomic E-state index is 2.55. The molecule has 2 aromatic heterocycles. The number of allylic oxidation sites excluding steroid dienone is 1. The molecule has 0 fully saturated rings. The van der Waals surface area contributed by atoms with Gasteiger partial charge in [0.2, 0.25) is 0 Å². The van der Waals surface area contributed by atoms with Crippen molar-refractivity contribution in [3.05, 3.63) is 192 Å². The van der Waals surface area contributed by atoms with Crippen LogP contribution in [0.4, 0.5) is 0 Å². The largest absolute Gasteiger partial charge is 0.313 e. The summed E-state index contributed by atoms with van der Waals surface area (Å²) < 4.78 is 4.94. The van der Waals surface area contributed by atoms with E-state index in [1.165, 1.54) is 94.3 Å². The van der Waals surface area contributed by atoms with Gasteiger partial charge in [-0.25, -0.2) is 0 Å². The molecule has 7 aromatic carbocycles. The van der Waals surface area contributed by atoms with E-state index in [0.717, 1.165) is 6.42 Å². The van der Waals surface area contributed by atoms with Crippen LogP contribution in [0.1, 0.15) is 43.2 Å². The number of nitrogens with zero attached hydrogens (tertiary/aromatic N) is 2. The highest BCUT2D eigenvalue weighted by molar-refractivity contribution is 6.11. The van der Waals surface area contributed by atoms with Gasteiger partial charge >= 0.3 is 0 Å². The standard InChI is InChI=1S/C52H40N2/c1-51(2)45-20-12-10-19-41(45)46-32-44-43-31-37(36-24-28-48-42(30-36)40-18-11-13-21-47(40)53(48)38-16-8-5-9-17-38)25-29-49(43)54(50(44)33-52(46,51)3)39-26-22-35(23-27-39)34-14-6-4-7-15-34/h4-32H,33H2,1-3H3. The molecule has 0 radical (unpaired) electrons.